The molecule has 0 radical (unpaired) electrons. The average molecular weight is 284 g/mol. The lowest BCUT2D eigenvalue weighted by molar-refractivity contribution is -0.121. The van der Waals surface area contributed by atoms with Gasteiger partial charge in [-0.25, -0.2) is 0 Å². The van der Waals surface area contributed by atoms with Gasteiger partial charge >= 0.3 is 0 Å². The van der Waals surface area contributed by atoms with E-state index in [1.54, 1.807) is 0 Å². The van der Waals surface area contributed by atoms with Crippen molar-refractivity contribution in [3.8, 4) is 0 Å². The highest BCUT2D eigenvalue weighted by Gasteiger charge is 2.26. The molecule has 3 heteroatoms. The first-order valence-corrected chi connectivity index (χ1v) is 6.13. The van der Waals surface area contributed by atoms with E-state index in [4.69, 9.17) is 5.73 Å². The van der Waals surface area contributed by atoms with Crippen molar-refractivity contribution in [1.29, 1.82) is 0 Å². The average Bonchev–Trinajstić information content (AvgIpc) is 2.19. The molecule has 1 atom stereocenters. The fraction of sp³-hybridized carbons (Fsp3) is 0.462. The molecular formula is C13H18BrNO. The Labute approximate surface area is 105 Å². The van der Waals surface area contributed by atoms with E-state index in [0.29, 0.717) is 6.42 Å². The molecule has 0 heterocycles. The van der Waals surface area contributed by atoms with Crippen molar-refractivity contribution in [1.82, 2.24) is 0 Å². The standard InChI is InChI=1S/C13H18BrNO/c1-13(2,3)12(15)11(16)8-9-4-6-10(14)7-5-9/h4-7,12H,8,15H2,1-3H3. The van der Waals surface area contributed by atoms with E-state index in [-0.39, 0.29) is 11.2 Å². The molecule has 16 heavy (non-hydrogen) atoms. The van der Waals surface area contributed by atoms with Crippen molar-refractivity contribution in [3.05, 3.63) is 34.3 Å². The molecule has 0 fully saturated rings. The van der Waals surface area contributed by atoms with E-state index in [9.17, 15) is 4.79 Å². The number of hydrogen-bond acceptors (Lipinski definition) is 2. The number of nitrogens with two attached hydrogens (primary N) is 1. The van der Waals surface area contributed by atoms with Crippen LogP contribution >= 0.6 is 15.9 Å². The molecule has 2 N–H and O–H groups in total. The molecule has 0 aliphatic rings. The molecule has 0 spiro atoms. The predicted octanol–water partition coefficient (Wildman–Crippen LogP) is 2.93. The van der Waals surface area contributed by atoms with Gasteiger partial charge in [-0.3, -0.25) is 4.79 Å². The molecular weight excluding hydrogens is 266 g/mol. The van der Waals surface area contributed by atoms with E-state index < -0.39 is 6.04 Å². The Hall–Kier alpha value is -0.670. The van der Waals surface area contributed by atoms with Gasteiger partial charge in [-0.1, -0.05) is 48.8 Å². The van der Waals surface area contributed by atoms with Crippen LogP contribution in [0, 0.1) is 5.41 Å². The summed E-state index contributed by atoms with van der Waals surface area (Å²) >= 11 is 3.36. The fourth-order valence-corrected chi connectivity index (χ4v) is 1.66. The molecule has 0 amide bonds. The van der Waals surface area contributed by atoms with E-state index in [1.807, 2.05) is 45.0 Å². The zero-order valence-corrected chi connectivity index (χ0v) is 11.5. The van der Waals surface area contributed by atoms with Gasteiger partial charge in [0.25, 0.3) is 0 Å². The zero-order valence-electron chi connectivity index (χ0n) is 9.96. The lowest BCUT2D eigenvalue weighted by Gasteiger charge is -2.25. The zero-order chi connectivity index (χ0) is 12.3. The summed E-state index contributed by atoms with van der Waals surface area (Å²) in [5.41, 5.74) is 6.75. The van der Waals surface area contributed by atoms with Crippen molar-refractivity contribution < 1.29 is 4.79 Å². The second kappa shape index (κ2) is 5.11. The number of carbonyl (C=O) groups excluding carboxylic acids is 1. The van der Waals surface area contributed by atoms with Crippen LogP contribution in [0.3, 0.4) is 0 Å². The van der Waals surface area contributed by atoms with Crippen LogP contribution in [0.15, 0.2) is 28.7 Å². The molecule has 2 nitrogen and oxygen atoms in total. The topological polar surface area (TPSA) is 43.1 Å². The Morgan fingerprint density at radius 2 is 1.81 bits per heavy atom. The lowest BCUT2D eigenvalue weighted by atomic mass is 9.83. The molecule has 0 saturated heterocycles. The van der Waals surface area contributed by atoms with Gasteiger partial charge in [0.05, 0.1) is 6.04 Å². The maximum absolute atomic E-state index is 11.9. The summed E-state index contributed by atoms with van der Waals surface area (Å²) in [5, 5.41) is 0. The maximum Gasteiger partial charge on any atom is 0.154 e. The van der Waals surface area contributed by atoms with E-state index in [1.165, 1.54) is 0 Å². The second-order valence-corrected chi connectivity index (χ2v) is 6.03. The number of benzene rings is 1. The molecule has 88 valence electrons. The molecule has 1 aromatic carbocycles. The van der Waals surface area contributed by atoms with Gasteiger partial charge in [-0.2, -0.15) is 0 Å². The number of hydrogen-bond donors (Lipinski definition) is 1. The third kappa shape index (κ3) is 3.72. The normalized spacial score (nSPS) is 13.6. The summed E-state index contributed by atoms with van der Waals surface area (Å²) in [6.45, 7) is 5.95. The van der Waals surface area contributed by atoms with Crippen LogP contribution in [-0.2, 0) is 11.2 Å². The van der Waals surface area contributed by atoms with Crippen molar-refractivity contribution >= 4 is 21.7 Å². The number of carbonyl (C=O) groups is 1. The van der Waals surface area contributed by atoms with Gasteiger partial charge < -0.3 is 5.73 Å². The Morgan fingerprint density at radius 3 is 2.25 bits per heavy atom. The Kier molecular flexibility index (Phi) is 4.28. The highest BCUT2D eigenvalue weighted by Crippen LogP contribution is 2.19. The molecule has 0 aliphatic heterocycles. The van der Waals surface area contributed by atoms with Crippen LogP contribution in [0.25, 0.3) is 0 Å². The lowest BCUT2D eigenvalue weighted by Crippen LogP contribution is -2.43. The second-order valence-electron chi connectivity index (χ2n) is 5.11. The highest BCUT2D eigenvalue weighted by molar-refractivity contribution is 9.10. The SMILES string of the molecule is CC(C)(C)C(N)C(=O)Cc1ccc(Br)cc1. The van der Waals surface area contributed by atoms with Crippen LogP contribution in [0.2, 0.25) is 0 Å². The minimum absolute atomic E-state index is 0.0924. The molecule has 1 unspecified atom stereocenters. The monoisotopic (exact) mass is 283 g/mol. The third-order valence-corrected chi connectivity index (χ3v) is 3.10. The number of halogens is 1. The van der Waals surface area contributed by atoms with Crippen LogP contribution in [0.5, 0.6) is 0 Å². The van der Waals surface area contributed by atoms with Crippen LogP contribution < -0.4 is 5.73 Å². The Morgan fingerprint density at radius 1 is 1.31 bits per heavy atom. The van der Waals surface area contributed by atoms with Crippen molar-refractivity contribution in [2.24, 2.45) is 11.1 Å². The summed E-state index contributed by atoms with van der Waals surface area (Å²) in [5.74, 6) is 0.0924. The van der Waals surface area contributed by atoms with Gasteiger partial charge in [0.2, 0.25) is 0 Å². The van der Waals surface area contributed by atoms with Gasteiger partial charge in [0.15, 0.2) is 5.78 Å². The summed E-state index contributed by atoms with van der Waals surface area (Å²) in [4.78, 5) is 11.9. The smallest absolute Gasteiger partial charge is 0.154 e. The van der Waals surface area contributed by atoms with Gasteiger partial charge in [-0.05, 0) is 23.1 Å². The largest absolute Gasteiger partial charge is 0.321 e. The summed E-state index contributed by atoms with van der Waals surface area (Å²) < 4.78 is 1.02. The maximum atomic E-state index is 11.9. The molecule has 0 aliphatic carbocycles. The van der Waals surface area contributed by atoms with Crippen molar-refractivity contribution in [2.45, 2.75) is 33.2 Å². The molecule has 0 saturated carbocycles. The quantitative estimate of drug-likeness (QED) is 0.927. The van der Waals surface area contributed by atoms with E-state index in [0.717, 1.165) is 10.0 Å². The van der Waals surface area contributed by atoms with Crippen molar-refractivity contribution in [3.63, 3.8) is 0 Å². The van der Waals surface area contributed by atoms with Crippen LogP contribution in [0.1, 0.15) is 26.3 Å². The Bertz CT molecular complexity index is 365. The molecule has 1 aromatic rings. The third-order valence-electron chi connectivity index (χ3n) is 2.57. The van der Waals surface area contributed by atoms with E-state index in [2.05, 4.69) is 15.9 Å². The summed E-state index contributed by atoms with van der Waals surface area (Å²) in [7, 11) is 0. The minimum Gasteiger partial charge on any atom is -0.321 e. The first-order chi connectivity index (χ1) is 7.30. The summed E-state index contributed by atoms with van der Waals surface area (Å²) in [6.07, 6.45) is 0.408. The van der Waals surface area contributed by atoms with Crippen LogP contribution in [0.4, 0.5) is 0 Å². The number of ketones is 1. The van der Waals surface area contributed by atoms with Crippen LogP contribution in [-0.4, -0.2) is 11.8 Å². The van der Waals surface area contributed by atoms with Crippen molar-refractivity contribution in [2.75, 3.05) is 0 Å². The first-order valence-electron chi connectivity index (χ1n) is 5.33. The van der Waals surface area contributed by atoms with E-state index >= 15 is 0 Å². The Balaban J connectivity index is 2.68. The highest BCUT2D eigenvalue weighted by atomic mass is 79.9. The minimum atomic E-state index is -0.406. The summed E-state index contributed by atoms with van der Waals surface area (Å²) in [6, 6.07) is 7.35. The molecule has 0 bridgehead atoms. The van der Waals surface area contributed by atoms with Gasteiger partial charge in [0, 0.05) is 10.9 Å². The predicted molar refractivity (Wildman–Crippen MR) is 70.3 cm³/mol. The number of rotatable bonds is 3. The fourth-order valence-electron chi connectivity index (χ4n) is 1.40. The number of Topliss-reactive ketones (excluding diaryl/α,β-unsaturated/α-hetero) is 1. The molecule has 1 rings (SSSR count). The van der Waals surface area contributed by atoms with Gasteiger partial charge in [-0.15, -0.1) is 0 Å². The van der Waals surface area contributed by atoms with Gasteiger partial charge in [0.1, 0.15) is 0 Å². The first kappa shape index (κ1) is 13.4. The molecule has 0 aromatic heterocycles.